The summed E-state index contributed by atoms with van der Waals surface area (Å²) in [4.78, 5) is 12.3. The quantitative estimate of drug-likeness (QED) is 0.725. The predicted molar refractivity (Wildman–Crippen MR) is 78.1 cm³/mol. The molecule has 3 nitrogen and oxygen atoms in total. The van der Waals surface area contributed by atoms with E-state index < -0.39 is 11.6 Å². The smallest absolute Gasteiger partial charge is 0.220 e. The van der Waals surface area contributed by atoms with Crippen LogP contribution < -0.4 is 5.32 Å². The summed E-state index contributed by atoms with van der Waals surface area (Å²) in [5.74, 6) is -1.27. The van der Waals surface area contributed by atoms with Gasteiger partial charge in [-0.25, -0.2) is 8.78 Å². The fraction of sp³-hybridized carbons (Fsp3) is 0.533. The zero-order chi connectivity index (χ0) is 15.3. The Morgan fingerprint density at radius 1 is 1.33 bits per heavy atom. The molecule has 0 aromatic heterocycles. The van der Waals surface area contributed by atoms with Gasteiger partial charge in [0.1, 0.15) is 0 Å². The van der Waals surface area contributed by atoms with E-state index in [2.05, 4.69) is 5.32 Å². The molecule has 1 aliphatic rings. The highest BCUT2D eigenvalue weighted by molar-refractivity contribution is 7.99. The first-order valence-corrected chi connectivity index (χ1v) is 7.99. The Labute approximate surface area is 127 Å². The number of aliphatic hydroxyl groups is 1. The second-order valence-electron chi connectivity index (χ2n) is 5.42. The topological polar surface area (TPSA) is 49.3 Å². The van der Waals surface area contributed by atoms with Crippen LogP contribution in [0.5, 0.6) is 0 Å². The van der Waals surface area contributed by atoms with E-state index in [-0.39, 0.29) is 17.9 Å². The van der Waals surface area contributed by atoms with Crippen LogP contribution in [0.1, 0.15) is 25.7 Å². The average Bonchev–Trinajstić information content (AvgIpc) is 3.21. The van der Waals surface area contributed by atoms with Crippen molar-refractivity contribution in [1.29, 1.82) is 0 Å². The third kappa shape index (κ3) is 4.97. The van der Waals surface area contributed by atoms with E-state index in [9.17, 15) is 13.6 Å². The van der Waals surface area contributed by atoms with Crippen molar-refractivity contribution in [1.82, 2.24) is 5.32 Å². The van der Waals surface area contributed by atoms with Crippen molar-refractivity contribution in [2.24, 2.45) is 5.41 Å². The molecule has 2 rings (SSSR count). The largest absolute Gasteiger partial charge is 0.396 e. The maximum absolute atomic E-state index is 13.0. The third-order valence-corrected chi connectivity index (χ3v) is 4.74. The van der Waals surface area contributed by atoms with E-state index in [0.29, 0.717) is 23.6 Å². The lowest BCUT2D eigenvalue weighted by Crippen LogP contribution is -2.30. The summed E-state index contributed by atoms with van der Waals surface area (Å²) in [6, 6.07) is 3.73. The van der Waals surface area contributed by atoms with Crippen LogP contribution in [0.4, 0.5) is 8.78 Å². The van der Waals surface area contributed by atoms with Crippen molar-refractivity contribution in [2.75, 3.05) is 18.9 Å². The Morgan fingerprint density at radius 3 is 2.71 bits per heavy atom. The van der Waals surface area contributed by atoms with Gasteiger partial charge in [0, 0.05) is 30.2 Å². The summed E-state index contributed by atoms with van der Waals surface area (Å²) >= 11 is 1.32. The maximum Gasteiger partial charge on any atom is 0.220 e. The molecule has 116 valence electrons. The molecule has 1 aromatic carbocycles. The van der Waals surface area contributed by atoms with Crippen LogP contribution in [0.3, 0.4) is 0 Å². The molecule has 0 atom stereocenters. The van der Waals surface area contributed by atoms with Crippen LogP contribution in [0.2, 0.25) is 0 Å². The van der Waals surface area contributed by atoms with Gasteiger partial charge >= 0.3 is 0 Å². The summed E-state index contributed by atoms with van der Waals surface area (Å²) in [5.41, 5.74) is 0.109. The highest BCUT2D eigenvalue weighted by Crippen LogP contribution is 2.47. The van der Waals surface area contributed by atoms with Gasteiger partial charge in [0.25, 0.3) is 0 Å². The van der Waals surface area contributed by atoms with Gasteiger partial charge in [-0.05, 0) is 42.9 Å². The number of hydrogen-bond acceptors (Lipinski definition) is 3. The predicted octanol–water partition coefficient (Wildman–Crippen LogP) is 2.73. The van der Waals surface area contributed by atoms with E-state index in [1.165, 1.54) is 17.8 Å². The number of hydrogen-bond donors (Lipinski definition) is 2. The summed E-state index contributed by atoms with van der Waals surface area (Å²) in [7, 11) is 0. The van der Waals surface area contributed by atoms with Gasteiger partial charge < -0.3 is 10.4 Å². The minimum absolute atomic E-state index is 0.0469. The highest BCUT2D eigenvalue weighted by atomic mass is 32.2. The molecule has 6 heteroatoms. The van der Waals surface area contributed by atoms with Crippen molar-refractivity contribution >= 4 is 17.7 Å². The number of carbonyl (C=O) groups excluding carboxylic acids is 1. The molecule has 0 unspecified atom stereocenters. The summed E-state index contributed by atoms with van der Waals surface area (Å²) < 4.78 is 25.8. The molecule has 0 aliphatic heterocycles. The molecular weight excluding hydrogens is 296 g/mol. The fourth-order valence-electron chi connectivity index (χ4n) is 2.13. The van der Waals surface area contributed by atoms with Crippen LogP contribution in [0.25, 0.3) is 0 Å². The van der Waals surface area contributed by atoms with Gasteiger partial charge in [0.2, 0.25) is 5.91 Å². The highest BCUT2D eigenvalue weighted by Gasteiger charge is 2.41. The van der Waals surface area contributed by atoms with E-state index in [1.807, 2.05) is 0 Å². The molecule has 1 amide bonds. The van der Waals surface area contributed by atoms with Crippen LogP contribution in [-0.4, -0.2) is 29.9 Å². The number of rotatable bonds is 8. The molecule has 0 bridgehead atoms. The van der Waals surface area contributed by atoms with Gasteiger partial charge in [0.15, 0.2) is 11.6 Å². The second kappa shape index (κ2) is 7.22. The van der Waals surface area contributed by atoms with E-state index in [4.69, 9.17) is 5.11 Å². The number of aliphatic hydroxyl groups excluding tert-OH is 1. The monoisotopic (exact) mass is 315 g/mol. The molecule has 2 N–H and O–H groups in total. The normalized spacial score (nSPS) is 15.8. The standard InChI is InChI=1S/C15H19F2NO2S/c16-12-2-1-11(9-13(12)17)21-8-3-14(20)18-10-15(4-5-15)6-7-19/h1-2,9,19H,3-8,10H2,(H,18,20). The van der Waals surface area contributed by atoms with Gasteiger partial charge in [-0.1, -0.05) is 0 Å². The molecule has 1 aromatic rings. The van der Waals surface area contributed by atoms with Crippen molar-refractivity contribution < 1.29 is 18.7 Å². The van der Waals surface area contributed by atoms with Gasteiger partial charge in [-0.3, -0.25) is 4.79 Å². The Kier molecular flexibility index (Phi) is 5.58. The average molecular weight is 315 g/mol. The lowest BCUT2D eigenvalue weighted by atomic mass is 10.0. The molecule has 0 saturated heterocycles. The van der Waals surface area contributed by atoms with Gasteiger partial charge in [-0.15, -0.1) is 11.8 Å². The van der Waals surface area contributed by atoms with Crippen LogP contribution in [0, 0.1) is 17.0 Å². The van der Waals surface area contributed by atoms with E-state index in [1.54, 1.807) is 0 Å². The van der Waals surface area contributed by atoms with Crippen LogP contribution in [0.15, 0.2) is 23.1 Å². The Balaban J connectivity index is 1.66. The Morgan fingerprint density at radius 2 is 2.10 bits per heavy atom. The molecular formula is C15H19F2NO2S. The first-order valence-electron chi connectivity index (χ1n) is 7.00. The molecule has 1 aliphatic carbocycles. The first-order chi connectivity index (χ1) is 10.0. The SMILES string of the molecule is O=C(CCSc1ccc(F)c(F)c1)NCC1(CCO)CC1. The van der Waals surface area contributed by atoms with Crippen LogP contribution in [-0.2, 0) is 4.79 Å². The van der Waals surface area contributed by atoms with E-state index >= 15 is 0 Å². The summed E-state index contributed by atoms with van der Waals surface area (Å²) in [6.45, 7) is 0.768. The number of nitrogens with one attached hydrogen (secondary N) is 1. The molecule has 0 spiro atoms. The molecule has 21 heavy (non-hydrogen) atoms. The Hall–Kier alpha value is -1.14. The summed E-state index contributed by atoms with van der Waals surface area (Å²) in [5, 5.41) is 11.8. The van der Waals surface area contributed by atoms with Crippen molar-refractivity contribution in [3.8, 4) is 0 Å². The molecule has 0 radical (unpaired) electrons. The second-order valence-corrected chi connectivity index (χ2v) is 6.59. The van der Waals surface area contributed by atoms with Crippen molar-refractivity contribution in [3.63, 3.8) is 0 Å². The van der Waals surface area contributed by atoms with Crippen molar-refractivity contribution in [2.45, 2.75) is 30.6 Å². The third-order valence-electron chi connectivity index (χ3n) is 3.75. The number of amides is 1. The van der Waals surface area contributed by atoms with Crippen LogP contribution >= 0.6 is 11.8 Å². The lowest BCUT2D eigenvalue weighted by molar-refractivity contribution is -0.120. The first kappa shape index (κ1) is 16.2. The Bertz CT molecular complexity index is 506. The summed E-state index contributed by atoms with van der Waals surface area (Å²) in [6.07, 6.45) is 3.17. The minimum Gasteiger partial charge on any atom is -0.396 e. The van der Waals surface area contributed by atoms with Crippen molar-refractivity contribution in [3.05, 3.63) is 29.8 Å². The number of halogens is 2. The molecule has 0 heterocycles. The van der Waals surface area contributed by atoms with E-state index in [0.717, 1.165) is 31.4 Å². The van der Waals surface area contributed by atoms with Gasteiger partial charge in [-0.2, -0.15) is 0 Å². The number of thioether (sulfide) groups is 1. The number of benzene rings is 1. The molecule has 1 fully saturated rings. The lowest BCUT2D eigenvalue weighted by Gasteiger charge is -2.14. The maximum atomic E-state index is 13.0. The zero-order valence-corrected chi connectivity index (χ0v) is 12.5. The zero-order valence-electron chi connectivity index (χ0n) is 11.7. The number of carbonyl (C=O) groups is 1. The molecule has 1 saturated carbocycles. The van der Waals surface area contributed by atoms with Gasteiger partial charge in [0.05, 0.1) is 0 Å². The fourth-order valence-corrected chi connectivity index (χ4v) is 3.01. The minimum atomic E-state index is -0.871.